The van der Waals surface area contributed by atoms with Gasteiger partial charge < -0.3 is 19.5 Å². The van der Waals surface area contributed by atoms with Gasteiger partial charge in [0.2, 0.25) is 5.75 Å². The molecule has 0 amide bonds. The third-order valence-corrected chi connectivity index (χ3v) is 2.80. The van der Waals surface area contributed by atoms with Crippen molar-refractivity contribution in [3.05, 3.63) is 29.8 Å². The molecule has 1 N–H and O–H groups in total. The Bertz CT molecular complexity index is 404. The van der Waals surface area contributed by atoms with Crippen molar-refractivity contribution in [3.63, 3.8) is 0 Å². The molecule has 0 spiro atoms. The van der Waals surface area contributed by atoms with Gasteiger partial charge in [-0.2, -0.15) is 0 Å². The largest absolute Gasteiger partial charge is 0.493 e. The van der Waals surface area contributed by atoms with Crippen LogP contribution in [-0.4, -0.2) is 28.4 Å². The molecule has 0 fully saturated rings. The Balaban J connectivity index is 3.34. The molecule has 1 unspecified atom stereocenters. The molecule has 100 valence electrons. The van der Waals surface area contributed by atoms with E-state index < -0.39 is 0 Å². The number of hydrogen-bond acceptors (Lipinski definition) is 4. The molecule has 0 aromatic heterocycles. The summed E-state index contributed by atoms with van der Waals surface area (Å²) in [7, 11) is 6.70. The van der Waals surface area contributed by atoms with E-state index in [9.17, 15) is 0 Å². The smallest absolute Gasteiger partial charge is 0.203 e. The highest BCUT2D eigenvalue weighted by Gasteiger charge is 2.18. The average molecular weight is 251 g/mol. The molecule has 1 aromatic carbocycles. The normalized spacial score (nSPS) is 11.8. The molecule has 18 heavy (non-hydrogen) atoms. The van der Waals surface area contributed by atoms with Crippen LogP contribution in [0.4, 0.5) is 0 Å². The topological polar surface area (TPSA) is 39.7 Å². The van der Waals surface area contributed by atoms with Gasteiger partial charge in [-0.1, -0.05) is 12.2 Å². The summed E-state index contributed by atoms with van der Waals surface area (Å²) in [6.07, 6.45) is 0. The Morgan fingerprint density at radius 3 is 1.89 bits per heavy atom. The summed E-state index contributed by atoms with van der Waals surface area (Å²) in [5.41, 5.74) is 2.05. The lowest BCUT2D eigenvalue weighted by Gasteiger charge is -2.20. The van der Waals surface area contributed by atoms with Gasteiger partial charge in [-0.3, -0.25) is 0 Å². The zero-order chi connectivity index (χ0) is 13.7. The SMILES string of the molecule is C=C(C)C(NC)c1cc(OC)c(OC)c(OC)c1. The predicted molar refractivity (Wildman–Crippen MR) is 72.7 cm³/mol. The molecule has 0 saturated heterocycles. The monoisotopic (exact) mass is 251 g/mol. The van der Waals surface area contributed by atoms with Crippen LogP contribution in [0, 0.1) is 0 Å². The number of nitrogens with one attached hydrogen (secondary N) is 1. The van der Waals surface area contributed by atoms with Gasteiger partial charge in [0.15, 0.2) is 11.5 Å². The Labute approximate surface area is 109 Å². The fourth-order valence-corrected chi connectivity index (χ4v) is 1.97. The minimum absolute atomic E-state index is 0.0544. The van der Waals surface area contributed by atoms with Crippen molar-refractivity contribution < 1.29 is 14.2 Å². The van der Waals surface area contributed by atoms with E-state index in [0.29, 0.717) is 17.2 Å². The Morgan fingerprint density at radius 1 is 1.11 bits per heavy atom. The van der Waals surface area contributed by atoms with E-state index >= 15 is 0 Å². The molecule has 4 heteroatoms. The summed E-state index contributed by atoms with van der Waals surface area (Å²) in [6, 6.07) is 3.91. The molecule has 1 rings (SSSR count). The molecule has 0 heterocycles. The first-order chi connectivity index (χ1) is 8.58. The summed E-state index contributed by atoms with van der Waals surface area (Å²) in [5.74, 6) is 1.89. The number of rotatable bonds is 6. The predicted octanol–water partition coefficient (Wildman–Crippen LogP) is 2.55. The van der Waals surface area contributed by atoms with Gasteiger partial charge in [0.25, 0.3) is 0 Å². The van der Waals surface area contributed by atoms with Crippen molar-refractivity contribution in [2.75, 3.05) is 28.4 Å². The van der Waals surface area contributed by atoms with Gasteiger partial charge >= 0.3 is 0 Å². The standard InChI is InChI=1S/C14H21NO3/c1-9(2)13(15-3)10-7-11(16-4)14(18-6)12(8-10)17-5/h7-8,13,15H,1H2,2-6H3. The highest BCUT2D eigenvalue weighted by atomic mass is 16.5. The molecule has 0 aliphatic heterocycles. The van der Waals surface area contributed by atoms with Gasteiger partial charge in [-0.05, 0) is 31.7 Å². The van der Waals surface area contributed by atoms with Crippen LogP contribution in [0.1, 0.15) is 18.5 Å². The minimum Gasteiger partial charge on any atom is -0.493 e. The van der Waals surface area contributed by atoms with Crippen molar-refractivity contribution in [2.24, 2.45) is 0 Å². The third kappa shape index (κ3) is 2.76. The molecule has 0 bridgehead atoms. The number of methoxy groups -OCH3 is 3. The Morgan fingerprint density at radius 2 is 1.61 bits per heavy atom. The van der Waals surface area contributed by atoms with Crippen LogP contribution in [0.25, 0.3) is 0 Å². The summed E-state index contributed by atoms with van der Waals surface area (Å²) in [4.78, 5) is 0. The first-order valence-electron chi connectivity index (χ1n) is 5.71. The lowest BCUT2D eigenvalue weighted by molar-refractivity contribution is 0.323. The van der Waals surface area contributed by atoms with Crippen LogP contribution in [0.3, 0.4) is 0 Å². The van der Waals surface area contributed by atoms with Crippen molar-refractivity contribution in [2.45, 2.75) is 13.0 Å². The quantitative estimate of drug-likeness (QED) is 0.789. The fourth-order valence-electron chi connectivity index (χ4n) is 1.97. The van der Waals surface area contributed by atoms with E-state index in [1.165, 1.54) is 0 Å². The second kappa shape index (κ2) is 6.31. The van der Waals surface area contributed by atoms with E-state index in [0.717, 1.165) is 11.1 Å². The number of benzene rings is 1. The highest BCUT2D eigenvalue weighted by molar-refractivity contribution is 5.55. The average Bonchev–Trinajstić information content (AvgIpc) is 2.37. The second-order valence-electron chi connectivity index (χ2n) is 4.03. The molecule has 0 saturated carbocycles. The fraction of sp³-hybridized carbons (Fsp3) is 0.429. The van der Waals surface area contributed by atoms with Crippen LogP contribution < -0.4 is 19.5 Å². The van der Waals surface area contributed by atoms with E-state index in [1.807, 2.05) is 26.1 Å². The third-order valence-electron chi connectivity index (χ3n) is 2.80. The van der Waals surface area contributed by atoms with Crippen LogP contribution >= 0.6 is 0 Å². The van der Waals surface area contributed by atoms with E-state index in [2.05, 4.69) is 11.9 Å². The molecular weight excluding hydrogens is 230 g/mol. The van der Waals surface area contributed by atoms with E-state index in [4.69, 9.17) is 14.2 Å². The lowest BCUT2D eigenvalue weighted by Crippen LogP contribution is -2.17. The number of hydrogen-bond donors (Lipinski definition) is 1. The minimum atomic E-state index is 0.0544. The molecule has 0 aliphatic carbocycles. The summed E-state index contributed by atoms with van der Waals surface area (Å²) in [5, 5.41) is 3.21. The van der Waals surface area contributed by atoms with Crippen molar-refractivity contribution in [1.29, 1.82) is 0 Å². The van der Waals surface area contributed by atoms with Gasteiger partial charge in [0, 0.05) is 0 Å². The van der Waals surface area contributed by atoms with Crippen molar-refractivity contribution >= 4 is 0 Å². The van der Waals surface area contributed by atoms with E-state index in [1.54, 1.807) is 21.3 Å². The highest BCUT2D eigenvalue weighted by Crippen LogP contribution is 2.40. The zero-order valence-electron chi connectivity index (χ0n) is 11.7. The molecular formula is C14H21NO3. The number of likely N-dealkylation sites (N-methyl/N-ethyl adjacent to an activating group) is 1. The lowest BCUT2D eigenvalue weighted by atomic mass is 10.00. The summed E-state index contributed by atoms with van der Waals surface area (Å²) < 4.78 is 16.0. The molecule has 1 atom stereocenters. The van der Waals surface area contributed by atoms with Gasteiger partial charge in [-0.25, -0.2) is 0 Å². The molecule has 0 radical (unpaired) electrons. The maximum absolute atomic E-state index is 5.33. The van der Waals surface area contributed by atoms with Crippen LogP contribution in [0.15, 0.2) is 24.3 Å². The summed E-state index contributed by atoms with van der Waals surface area (Å²) in [6.45, 7) is 5.96. The molecule has 1 aromatic rings. The Hall–Kier alpha value is -1.68. The maximum atomic E-state index is 5.33. The van der Waals surface area contributed by atoms with Crippen LogP contribution in [0.2, 0.25) is 0 Å². The molecule has 4 nitrogen and oxygen atoms in total. The van der Waals surface area contributed by atoms with Gasteiger partial charge in [0.05, 0.1) is 27.4 Å². The molecule has 0 aliphatic rings. The first kappa shape index (κ1) is 14.4. The second-order valence-corrected chi connectivity index (χ2v) is 4.03. The zero-order valence-corrected chi connectivity index (χ0v) is 11.7. The van der Waals surface area contributed by atoms with Crippen LogP contribution in [-0.2, 0) is 0 Å². The Kier molecular flexibility index (Phi) is 5.04. The number of ether oxygens (including phenoxy) is 3. The van der Waals surface area contributed by atoms with E-state index in [-0.39, 0.29) is 6.04 Å². The first-order valence-corrected chi connectivity index (χ1v) is 5.71. The maximum Gasteiger partial charge on any atom is 0.203 e. The van der Waals surface area contributed by atoms with Crippen molar-refractivity contribution in [1.82, 2.24) is 5.32 Å². The van der Waals surface area contributed by atoms with Gasteiger partial charge in [-0.15, -0.1) is 0 Å². The summed E-state index contributed by atoms with van der Waals surface area (Å²) >= 11 is 0. The van der Waals surface area contributed by atoms with Crippen molar-refractivity contribution in [3.8, 4) is 17.2 Å². The van der Waals surface area contributed by atoms with Gasteiger partial charge in [0.1, 0.15) is 0 Å². The van der Waals surface area contributed by atoms with Crippen LogP contribution in [0.5, 0.6) is 17.2 Å².